The fraction of sp³-hybridized carbons (Fsp3) is 0.500. The highest BCUT2D eigenvalue weighted by Crippen LogP contribution is 2.55. The van der Waals surface area contributed by atoms with Gasteiger partial charge in [0.15, 0.2) is 0 Å². The number of aryl methyl sites for hydroxylation is 1. The number of carbonyl (C=O) groups excluding carboxylic acids is 4. The van der Waals surface area contributed by atoms with Crippen LogP contribution in [0.25, 0.3) is 0 Å². The molecule has 3 aromatic rings. The third kappa shape index (κ3) is 8.27. The van der Waals surface area contributed by atoms with Gasteiger partial charge in [0, 0.05) is 79.5 Å². The third-order valence-corrected chi connectivity index (χ3v) is 12.8. The molecule has 3 fully saturated rings. The molecule has 3 aliphatic heterocycles. The van der Waals surface area contributed by atoms with Gasteiger partial charge in [0.25, 0.3) is 11.8 Å². The van der Waals surface area contributed by atoms with E-state index in [1.54, 1.807) is 30.5 Å². The van der Waals surface area contributed by atoms with E-state index in [1.165, 1.54) is 11.0 Å². The molecule has 1 aliphatic carbocycles. The monoisotopic (exact) mass is 811 g/mol. The Balaban J connectivity index is 0.801. The summed E-state index contributed by atoms with van der Waals surface area (Å²) in [4.78, 5) is 60.8. The van der Waals surface area contributed by atoms with Crippen molar-refractivity contribution in [3.05, 3.63) is 87.4 Å². The summed E-state index contributed by atoms with van der Waals surface area (Å²) in [6.45, 7) is 12.5. The number of benzene rings is 2. The first-order valence-corrected chi connectivity index (χ1v) is 20.6. The molecule has 1 saturated carbocycles. The van der Waals surface area contributed by atoms with Crippen LogP contribution in [0.15, 0.2) is 48.7 Å². The number of piperidine rings is 1. The molecule has 12 nitrogen and oxygen atoms in total. The van der Waals surface area contributed by atoms with Crippen LogP contribution in [0, 0.1) is 28.0 Å². The normalized spacial score (nSPS) is 22.5. The summed E-state index contributed by atoms with van der Waals surface area (Å²) in [5.74, 6) is -1.21. The number of aromatic nitrogens is 1. The minimum Gasteiger partial charge on any atom is -0.489 e. The number of nitrogens with zero attached hydrogens (tertiary/aromatic N) is 5. The van der Waals surface area contributed by atoms with Gasteiger partial charge in [-0.1, -0.05) is 52.1 Å². The van der Waals surface area contributed by atoms with Crippen molar-refractivity contribution in [1.82, 2.24) is 25.4 Å². The third-order valence-electron chi connectivity index (χ3n) is 12.5. The number of piperazine rings is 1. The highest BCUT2D eigenvalue weighted by atomic mass is 35.5. The number of amides is 4. The second kappa shape index (κ2) is 16.7. The molecule has 1 atom stereocenters. The van der Waals surface area contributed by atoms with Gasteiger partial charge < -0.3 is 19.9 Å². The van der Waals surface area contributed by atoms with Crippen LogP contribution in [0.5, 0.6) is 5.75 Å². The fourth-order valence-corrected chi connectivity index (χ4v) is 9.76. The summed E-state index contributed by atoms with van der Waals surface area (Å²) in [6.07, 6.45) is 6.98. The predicted molar refractivity (Wildman–Crippen MR) is 217 cm³/mol. The molecule has 306 valence electrons. The Bertz CT molecular complexity index is 2110. The van der Waals surface area contributed by atoms with Crippen molar-refractivity contribution in [3.63, 3.8) is 0 Å². The molecule has 1 unspecified atom stereocenters. The number of unbranched alkanes of at least 4 members (excludes halogenated alkanes) is 3. The Morgan fingerprint density at radius 3 is 2.43 bits per heavy atom. The van der Waals surface area contributed by atoms with E-state index in [9.17, 15) is 24.4 Å². The SMILES string of the molecule is CC1(C)C(NC(=O)c2ccc(CCCCCCN3CCN(c4cc5c(cc4F)C(=O)N(C4CCC(=O)NC4=O)C5)CC3)nc2)C(C)(C)C1Oc1ccc(C#N)c(Cl)c1. The van der Waals surface area contributed by atoms with Crippen LogP contribution in [-0.4, -0.2) is 89.3 Å². The van der Waals surface area contributed by atoms with Crippen molar-refractivity contribution >= 4 is 40.9 Å². The van der Waals surface area contributed by atoms with E-state index in [1.807, 2.05) is 17.0 Å². The molecule has 4 amide bonds. The molecule has 14 heteroatoms. The van der Waals surface area contributed by atoms with E-state index < -0.39 is 17.8 Å². The van der Waals surface area contributed by atoms with Gasteiger partial charge in [-0.05, 0) is 74.2 Å². The van der Waals surface area contributed by atoms with Crippen molar-refractivity contribution in [2.75, 3.05) is 37.6 Å². The highest BCUT2D eigenvalue weighted by molar-refractivity contribution is 6.31. The van der Waals surface area contributed by atoms with Gasteiger partial charge in [-0.3, -0.25) is 34.4 Å². The Morgan fingerprint density at radius 2 is 1.76 bits per heavy atom. The maximum absolute atomic E-state index is 15.3. The van der Waals surface area contributed by atoms with Gasteiger partial charge >= 0.3 is 0 Å². The Hall–Kier alpha value is -5.06. The molecule has 0 bridgehead atoms. The van der Waals surface area contributed by atoms with Crippen molar-refractivity contribution in [1.29, 1.82) is 5.26 Å². The van der Waals surface area contributed by atoms with E-state index in [0.717, 1.165) is 57.4 Å². The standard InChI is InChI=1S/C44H51ClFN7O5/c1-43(2)41(44(3,4)42(43)58-31-13-11-27(24-47)33(45)22-31)50-38(55)28-10-12-30(48-25-28)9-7-5-6-8-16-51-17-19-52(20-18-51)36-21-29-26-53(40(57)32(29)23-34(36)46)35-14-15-37(54)49-39(35)56/h10-13,21-23,25,35,41-42H,5-9,14-20,26H2,1-4H3,(H,50,55)(H,49,54,56). The molecule has 0 radical (unpaired) electrons. The first kappa shape index (κ1) is 41.1. The van der Waals surface area contributed by atoms with Crippen molar-refractivity contribution in [3.8, 4) is 11.8 Å². The average Bonchev–Trinajstić information content (AvgIpc) is 3.51. The van der Waals surface area contributed by atoms with E-state index in [4.69, 9.17) is 16.3 Å². The number of nitrogens with one attached hydrogen (secondary N) is 2. The first-order valence-electron chi connectivity index (χ1n) is 20.2. The summed E-state index contributed by atoms with van der Waals surface area (Å²) in [6, 6.07) is 13.1. The molecule has 4 aliphatic rings. The summed E-state index contributed by atoms with van der Waals surface area (Å²) in [5.41, 5.74) is 2.62. The van der Waals surface area contributed by atoms with Gasteiger partial charge in [-0.15, -0.1) is 0 Å². The zero-order chi connectivity index (χ0) is 41.4. The Morgan fingerprint density at radius 1 is 1.02 bits per heavy atom. The van der Waals surface area contributed by atoms with Crippen LogP contribution in [0.2, 0.25) is 5.02 Å². The molecule has 58 heavy (non-hydrogen) atoms. The molecule has 1 aromatic heterocycles. The van der Waals surface area contributed by atoms with Gasteiger partial charge in [0.1, 0.15) is 29.8 Å². The molecular weight excluding hydrogens is 761 g/mol. The molecular formula is C44H51ClFN7O5. The van der Waals surface area contributed by atoms with Crippen LogP contribution in [0.1, 0.15) is 104 Å². The zero-order valence-corrected chi connectivity index (χ0v) is 34.3. The van der Waals surface area contributed by atoms with Crippen molar-refractivity contribution in [2.24, 2.45) is 10.8 Å². The Kier molecular flexibility index (Phi) is 11.8. The summed E-state index contributed by atoms with van der Waals surface area (Å²) in [5, 5.41) is 15.1. The van der Waals surface area contributed by atoms with Crippen LogP contribution in [0.3, 0.4) is 0 Å². The second-order valence-corrected chi connectivity index (χ2v) is 17.6. The predicted octanol–water partition coefficient (Wildman–Crippen LogP) is 6.04. The highest BCUT2D eigenvalue weighted by Gasteiger charge is 2.64. The van der Waals surface area contributed by atoms with Crippen molar-refractivity contribution < 1.29 is 28.3 Å². The quantitative estimate of drug-likeness (QED) is 0.156. The lowest BCUT2D eigenvalue weighted by molar-refractivity contribution is -0.164. The number of halogens is 2. The molecule has 2 aromatic carbocycles. The number of ether oxygens (including phenoxy) is 1. The first-order chi connectivity index (χ1) is 27.7. The number of rotatable bonds is 13. The summed E-state index contributed by atoms with van der Waals surface area (Å²) < 4.78 is 21.7. The lowest BCUT2D eigenvalue weighted by atomic mass is 9.49. The van der Waals surface area contributed by atoms with E-state index in [-0.39, 0.29) is 65.6 Å². The minimum atomic E-state index is -0.726. The fourth-order valence-electron chi connectivity index (χ4n) is 9.54. The maximum atomic E-state index is 15.3. The zero-order valence-electron chi connectivity index (χ0n) is 33.6. The van der Waals surface area contributed by atoms with Gasteiger partial charge in [-0.2, -0.15) is 5.26 Å². The van der Waals surface area contributed by atoms with Crippen LogP contribution < -0.4 is 20.3 Å². The lowest BCUT2D eigenvalue weighted by Crippen LogP contribution is -2.74. The maximum Gasteiger partial charge on any atom is 0.255 e. The van der Waals surface area contributed by atoms with Crippen LogP contribution in [-0.2, 0) is 22.6 Å². The minimum absolute atomic E-state index is 0.141. The number of hydrogen-bond acceptors (Lipinski definition) is 9. The van der Waals surface area contributed by atoms with E-state index in [0.29, 0.717) is 46.2 Å². The molecule has 2 saturated heterocycles. The number of anilines is 1. The van der Waals surface area contributed by atoms with Gasteiger partial charge in [0.05, 0.1) is 21.8 Å². The molecule has 7 rings (SSSR count). The number of hydrogen-bond donors (Lipinski definition) is 2. The molecule has 2 N–H and O–H groups in total. The number of carbonyl (C=O) groups is 4. The number of fused-ring (bicyclic) bond motifs is 1. The number of pyridine rings is 1. The second-order valence-electron chi connectivity index (χ2n) is 17.2. The lowest BCUT2D eigenvalue weighted by Gasteiger charge is -2.63. The van der Waals surface area contributed by atoms with E-state index in [2.05, 4.69) is 54.3 Å². The van der Waals surface area contributed by atoms with Gasteiger partial charge in [0.2, 0.25) is 11.8 Å². The topological polar surface area (TPSA) is 148 Å². The summed E-state index contributed by atoms with van der Waals surface area (Å²) in [7, 11) is 0. The van der Waals surface area contributed by atoms with Crippen LogP contribution >= 0.6 is 11.6 Å². The molecule has 4 heterocycles. The smallest absolute Gasteiger partial charge is 0.255 e. The summed E-state index contributed by atoms with van der Waals surface area (Å²) >= 11 is 6.23. The van der Waals surface area contributed by atoms with Crippen LogP contribution in [0.4, 0.5) is 10.1 Å². The Labute approximate surface area is 344 Å². The number of imide groups is 1. The molecule has 0 spiro atoms. The average molecular weight is 812 g/mol. The van der Waals surface area contributed by atoms with Gasteiger partial charge in [-0.25, -0.2) is 4.39 Å². The number of nitriles is 1. The van der Waals surface area contributed by atoms with E-state index >= 15 is 4.39 Å². The largest absolute Gasteiger partial charge is 0.489 e. The van der Waals surface area contributed by atoms with Crippen molar-refractivity contribution in [2.45, 2.75) is 97.4 Å².